The third-order valence-corrected chi connectivity index (χ3v) is 4.89. The van der Waals surface area contributed by atoms with E-state index in [9.17, 15) is 4.79 Å². The summed E-state index contributed by atoms with van der Waals surface area (Å²) in [6.45, 7) is 1.33. The Morgan fingerprint density at radius 3 is 2.88 bits per heavy atom. The number of hydrogen-bond acceptors (Lipinski definition) is 2. The molecule has 1 amide bonds. The van der Waals surface area contributed by atoms with Gasteiger partial charge in [-0.25, -0.2) is 0 Å². The van der Waals surface area contributed by atoms with Crippen LogP contribution in [0.15, 0.2) is 60.8 Å². The lowest BCUT2D eigenvalue weighted by atomic mass is 9.99. The molecule has 0 spiro atoms. The van der Waals surface area contributed by atoms with E-state index in [1.54, 1.807) is 24.3 Å². The summed E-state index contributed by atoms with van der Waals surface area (Å²) in [4.78, 5) is 17.5. The first-order valence-electron chi connectivity index (χ1n) is 8.62. The Balaban J connectivity index is 1.40. The molecule has 2 heterocycles. The van der Waals surface area contributed by atoms with E-state index in [-0.39, 0.29) is 12.5 Å². The van der Waals surface area contributed by atoms with Crippen molar-refractivity contribution in [3.63, 3.8) is 0 Å². The number of carbonyl (C=O) groups is 1. The van der Waals surface area contributed by atoms with Gasteiger partial charge in [-0.3, -0.25) is 4.79 Å². The molecule has 1 N–H and O–H groups in total. The van der Waals surface area contributed by atoms with Crippen molar-refractivity contribution in [2.45, 2.75) is 6.42 Å². The number of benzene rings is 2. The van der Waals surface area contributed by atoms with Gasteiger partial charge < -0.3 is 14.6 Å². The minimum atomic E-state index is -0.0146. The Hall–Kier alpha value is -2.72. The predicted molar refractivity (Wildman–Crippen MR) is 104 cm³/mol. The van der Waals surface area contributed by atoms with Gasteiger partial charge in [-0.05, 0) is 36.3 Å². The van der Waals surface area contributed by atoms with Crippen molar-refractivity contribution in [1.29, 1.82) is 0 Å². The Labute approximate surface area is 157 Å². The van der Waals surface area contributed by atoms with Crippen LogP contribution in [-0.2, 0) is 4.79 Å². The number of aromatic nitrogens is 1. The molecule has 4 rings (SSSR count). The molecule has 3 aromatic rings. The third-order valence-electron chi connectivity index (χ3n) is 4.66. The highest BCUT2D eigenvalue weighted by atomic mass is 35.5. The normalized spacial score (nSPS) is 14.3. The molecule has 0 radical (unpaired) electrons. The fourth-order valence-corrected chi connectivity index (χ4v) is 3.45. The molecule has 0 bridgehead atoms. The van der Waals surface area contributed by atoms with Crippen LogP contribution in [0.25, 0.3) is 16.5 Å². The van der Waals surface area contributed by atoms with Crippen LogP contribution in [-0.4, -0.2) is 35.5 Å². The zero-order valence-corrected chi connectivity index (χ0v) is 15.0. The van der Waals surface area contributed by atoms with E-state index in [1.165, 1.54) is 16.5 Å². The van der Waals surface area contributed by atoms with E-state index in [0.29, 0.717) is 23.9 Å². The fourth-order valence-electron chi connectivity index (χ4n) is 3.27. The first-order chi connectivity index (χ1) is 12.7. The van der Waals surface area contributed by atoms with Gasteiger partial charge in [0.05, 0.1) is 0 Å². The molecule has 2 aromatic carbocycles. The molecule has 1 aromatic heterocycles. The molecule has 5 heteroatoms. The van der Waals surface area contributed by atoms with Gasteiger partial charge in [0.1, 0.15) is 5.75 Å². The Kier molecular flexibility index (Phi) is 4.67. The number of aromatic amines is 1. The molecule has 0 unspecified atom stereocenters. The van der Waals surface area contributed by atoms with Crippen LogP contribution < -0.4 is 4.74 Å². The Morgan fingerprint density at radius 1 is 1.19 bits per heavy atom. The number of ether oxygens (including phenoxy) is 1. The number of rotatable bonds is 4. The van der Waals surface area contributed by atoms with Gasteiger partial charge in [-0.15, -0.1) is 0 Å². The lowest BCUT2D eigenvalue weighted by Gasteiger charge is -2.26. The zero-order valence-electron chi connectivity index (χ0n) is 14.2. The maximum absolute atomic E-state index is 12.4. The van der Waals surface area contributed by atoms with Gasteiger partial charge in [0, 0.05) is 40.8 Å². The van der Waals surface area contributed by atoms with Gasteiger partial charge >= 0.3 is 0 Å². The fraction of sp³-hybridized carbons (Fsp3) is 0.190. The van der Waals surface area contributed by atoms with Crippen LogP contribution in [0.5, 0.6) is 5.75 Å². The summed E-state index contributed by atoms with van der Waals surface area (Å²) in [6, 6.07) is 15.4. The van der Waals surface area contributed by atoms with Crippen LogP contribution in [0.2, 0.25) is 5.02 Å². The molecule has 0 fully saturated rings. The van der Waals surface area contributed by atoms with Gasteiger partial charge in [0.25, 0.3) is 5.91 Å². The second kappa shape index (κ2) is 7.26. The van der Waals surface area contributed by atoms with E-state index < -0.39 is 0 Å². The number of amides is 1. The van der Waals surface area contributed by atoms with Gasteiger partial charge in [0.2, 0.25) is 0 Å². The number of hydrogen-bond donors (Lipinski definition) is 1. The highest BCUT2D eigenvalue weighted by Gasteiger charge is 2.19. The average Bonchev–Trinajstić information content (AvgIpc) is 3.10. The number of H-pyrrole nitrogens is 1. The van der Waals surface area contributed by atoms with E-state index in [1.807, 2.05) is 17.0 Å². The summed E-state index contributed by atoms with van der Waals surface area (Å²) in [5.74, 6) is 0.595. The van der Waals surface area contributed by atoms with Crippen molar-refractivity contribution in [1.82, 2.24) is 9.88 Å². The maximum atomic E-state index is 12.4. The van der Waals surface area contributed by atoms with E-state index in [0.717, 1.165) is 11.9 Å². The van der Waals surface area contributed by atoms with Crippen LogP contribution >= 0.6 is 11.6 Å². The number of nitrogens with one attached hydrogen (secondary N) is 1. The molecule has 26 heavy (non-hydrogen) atoms. The minimum absolute atomic E-state index is 0.0146. The summed E-state index contributed by atoms with van der Waals surface area (Å²) in [5, 5.41) is 1.82. The lowest BCUT2D eigenvalue weighted by Crippen LogP contribution is -2.37. The third kappa shape index (κ3) is 3.46. The Bertz CT molecular complexity index is 977. The molecule has 0 aliphatic carbocycles. The predicted octanol–water partition coefficient (Wildman–Crippen LogP) is 4.52. The quantitative estimate of drug-likeness (QED) is 0.738. The van der Waals surface area contributed by atoms with Gasteiger partial charge in [0.15, 0.2) is 6.61 Å². The van der Waals surface area contributed by atoms with Crippen molar-refractivity contribution in [2.24, 2.45) is 0 Å². The largest absolute Gasteiger partial charge is 0.484 e. The maximum Gasteiger partial charge on any atom is 0.260 e. The topological polar surface area (TPSA) is 45.3 Å². The Morgan fingerprint density at radius 2 is 2.08 bits per heavy atom. The molecular weight excluding hydrogens is 348 g/mol. The molecule has 4 nitrogen and oxygen atoms in total. The number of nitrogens with zero attached hydrogens (tertiary/aromatic N) is 1. The lowest BCUT2D eigenvalue weighted by molar-refractivity contribution is -0.132. The second-order valence-corrected chi connectivity index (χ2v) is 6.75. The number of carbonyl (C=O) groups excluding carboxylic acids is 1. The zero-order chi connectivity index (χ0) is 17.9. The van der Waals surface area contributed by atoms with Crippen LogP contribution in [0.4, 0.5) is 0 Å². The van der Waals surface area contributed by atoms with Crippen LogP contribution in [0.3, 0.4) is 0 Å². The number of halogens is 1. The highest BCUT2D eigenvalue weighted by molar-refractivity contribution is 6.30. The average molecular weight is 367 g/mol. The minimum Gasteiger partial charge on any atom is -0.484 e. The highest BCUT2D eigenvalue weighted by Crippen LogP contribution is 2.29. The van der Waals surface area contributed by atoms with Crippen molar-refractivity contribution < 1.29 is 9.53 Å². The summed E-state index contributed by atoms with van der Waals surface area (Å²) in [6.07, 6.45) is 5.03. The summed E-state index contributed by atoms with van der Waals surface area (Å²) in [5.41, 5.74) is 3.64. The van der Waals surface area contributed by atoms with Crippen LogP contribution in [0.1, 0.15) is 12.0 Å². The molecule has 0 atom stereocenters. The number of para-hydroxylation sites is 1. The molecule has 132 valence electrons. The second-order valence-electron chi connectivity index (χ2n) is 6.31. The van der Waals surface area contributed by atoms with Gasteiger partial charge in [-0.1, -0.05) is 41.9 Å². The molecule has 1 aliphatic heterocycles. The first kappa shape index (κ1) is 16.7. The molecular formula is C21H19ClN2O2. The van der Waals surface area contributed by atoms with Crippen molar-refractivity contribution in [2.75, 3.05) is 19.7 Å². The molecule has 1 aliphatic rings. The van der Waals surface area contributed by atoms with E-state index in [2.05, 4.69) is 29.4 Å². The SMILES string of the molecule is O=C(COc1cccc(Cl)c1)N1CC=C(c2c[nH]c3ccccc23)CC1. The van der Waals surface area contributed by atoms with Crippen LogP contribution in [0, 0.1) is 0 Å². The van der Waals surface area contributed by atoms with Crippen molar-refractivity contribution in [3.8, 4) is 5.75 Å². The monoisotopic (exact) mass is 366 g/mol. The van der Waals surface area contributed by atoms with E-state index >= 15 is 0 Å². The van der Waals surface area contributed by atoms with Gasteiger partial charge in [-0.2, -0.15) is 0 Å². The van der Waals surface area contributed by atoms with Crippen molar-refractivity contribution >= 4 is 34.0 Å². The molecule has 0 saturated carbocycles. The number of fused-ring (bicyclic) bond motifs is 1. The smallest absolute Gasteiger partial charge is 0.260 e. The standard InChI is InChI=1S/C21H19ClN2O2/c22-16-4-3-5-17(12-16)26-14-21(25)24-10-8-15(9-11-24)19-13-23-20-7-2-1-6-18(19)20/h1-8,12-13,23H,9-11,14H2. The summed E-state index contributed by atoms with van der Waals surface area (Å²) in [7, 11) is 0. The summed E-state index contributed by atoms with van der Waals surface area (Å²) >= 11 is 5.93. The first-order valence-corrected chi connectivity index (χ1v) is 9.00. The molecule has 0 saturated heterocycles. The summed E-state index contributed by atoms with van der Waals surface area (Å²) < 4.78 is 5.56. The van der Waals surface area contributed by atoms with E-state index in [4.69, 9.17) is 16.3 Å². The van der Waals surface area contributed by atoms with Crippen molar-refractivity contribution in [3.05, 3.63) is 71.4 Å².